The monoisotopic (exact) mass is 341 g/mol. The molecule has 1 unspecified atom stereocenters. The van der Waals surface area contributed by atoms with Crippen LogP contribution >= 0.6 is 34.8 Å². The fourth-order valence-electron chi connectivity index (χ4n) is 2.26. The highest BCUT2D eigenvalue weighted by molar-refractivity contribution is 7.89. The average Bonchev–Trinajstić information content (AvgIpc) is 2.76. The van der Waals surface area contributed by atoms with Gasteiger partial charge in [0.15, 0.2) is 0 Å². The van der Waals surface area contributed by atoms with E-state index in [1.165, 1.54) is 16.4 Å². The Labute approximate surface area is 128 Å². The van der Waals surface area contributed by atoms with Gasteiger partial charge in [0.05, 0.1) is 5.02 Å². The predicted molar refractivity (Wildman–Crippen MR) is 78.6 cm³/mol. The number of nitrogens with zero attached hydrogens (tertiary/aromatic N) is 1. The first kappa shape index (κ1) is 15.4. The van der Waals surface area contributed by atoms with E-state index in [1.807, 2.05) is 6.92 Å². The van der Waals surface area contributed by atoms with Crippen LogP contribution in [0, 0.1) is 0 Å². The summed E-state index contributed by atoms with van der Waals surface area (Å²) in [5.41, 5.74) is 0.568. The summed E-state index contributed by atoms with van der Waals surface area (Å²) >= 11 is 17.8. The van der Waals surface area contributed by atoms with Gasteiger partial charge in [0.25, 0.3) is 0 Å². The van der Waals surface area contributed by atoms with Gasteiger partial charge in [-0.3, -0.25) is 0 Å². The third-order valence-electron chi connectivity index (χ3n) is 3.32. The minimum Gasteiger partial charge on any atom is -0.207 e. The van der Waals surface area contributed by atoms with Gasteiger partial charge in [-0.25, -0.2) is 8.42 Å². The first-order valence-electron chi connectivity index (χ1n) is 5.93. The molecule has 106 valence electrons. The number of benzene rings is 1. The maximum Gasteiger partial charge on any atom is 0.244 e. The van der Waals surface area contributed by atoms with Crippen molar-refractivity contribution in [2.45, 2.75) is 36.6 Å². The minimum absolute atomic E-state index is 0.00352. The summed E-state index contributed by atoms with van der Waals surface area (Å²) in [6.07, 6.45) is 1.74. The molecule has 0 saturated carbocycles. The van der Waals surface area contributed by atoms with Crippen molar-refractivity contribution in [1.29, 1.82) is 0 Å². The molecule has 0 spiro atoms. The Bertz CT molecular complexity index is 589. The standard InChI is InChI=1S/C12H14Cl3NO2S/c1-8-3-2-4-16(8)19(17,18)12-5-9(7-13)10(14)6-11(12)15/h5-6,8H,2-4,7H2,1H3. The normalized spacial score (nSPS) is 20.9. The Morgan fingerprint density at radius 1 is 1.32 bits per heavy atom. The molecular weight excluding hydrogens is 329 g/mol. The lowest BCUT2D eigenvalue weighted by Crippen LogP contribution is -2.33. The molecular formula is C12H14Cl3NO2S. The molecule has 0 N–H and O–H groups in total. The fourth-order valence-corrected chi connectivity index (χ4v) is 5.09. The van der Waals surface area contributed by atoms with Crippen LogP contribution in [0.1, 0.15) is 25.3 Å². The van der Waals surface area contributed by atoms with Crippen molar-refractivity contribution < 1.29 is 8.42 Å². The van der Waals surface area contributed by atoms with E-state index in [0.29, 0.717) is 17.1 Å². The van der Waals surface area contributed by atoms with Crippen LogP contribution in [-0.2, 0) is 15.9 Å². The third kappa shape index (κ3) is 2.88. The lowest BCUT2D eigenvalue weighted by atomic mass is 10.2. The molecule has 0 amide bonds. The molecule has 1 aliphatic heterocycles. The van der Waals surface area contributed by atoms with Crippen molar-refractivity contribution >= 4 is 44.8 Å². The lowest BCUT2D eigenvalue weighted by Gasteiger charge is -2.22. The number of alkyl halides is 1. The van der Waals surface area contributed by atoms with Crippen LogP contribution in [0.25, 0.3) is 0 Å². The molecule has 0 radical (unpaired) electrons. The summed E-state index contributed by atoms with van der Waals surface area (Å²) in [6.45, 7) is 2.43. The maximum atomic E-state index is 12.6. The summed E-state index contributed by atoms with van der Waals surface area (Å²) in [7, 11) is -3.58. The van der Waals surface area contributed by atoms with Gasteiger partial charge >= 0.3 is 0 Å². The molecule has 2 rings (SSSR count). The van der Waals surface area contributed by atoms with Crippen LogP contribution in [0.15, 0.2) is 17.0 Å². The molecule has 1 atom stereocenters. The van der Waals surface area contributed by atoms with Crippen LogP contribution in [0.3, 0.4) is 0 Å². The molecule has 0 bridgehead atoms. The van der Waals surface area contributed by atoms with E-state index in [2.05, 4.69) is 0 Å². The highest BCUT2D eigenvalue weighted by atomic mass is 35.5. The second-order valence-corrected chi connectivity index (χ2v) is 7.56. The number of hydrogen-bond donors (Lipinski definition) is 0. The van der Waals surface area contributed by atoms with Gasteiger partial charge in [0.2, 0.25) is 10.0 Å². The van der Waals surface area contributed by atoms with Gasteiger partial charge < -0.3 is 0 Å². The van der Waals surface area contributed by atoms with Crippen molar-refractivity contribution in [2.75, 3.05) is 6.54 Å². The smallest absolute Gasteiger partial charge is 0.207 e. The van der Waals surface area contributed by atoms with Crippen LogP contribution in [0.4, 0.5) is 0 Å². The number of sulfonamides is 1. The highest BCUT2D eigenvalue weighted by Gasteiger charge is 2.34. The van der Waals surface area contributed by atoms with Crippen molar-refractivity contribution in [3.63, 3.8) is 0 Å². The average molecular weight is 343 g/mol. The third-order valence-corrected chi connectivity index (χ3v) is 6.44. The summed E-state index contributed by atoms with van der Waals surface area (Å²) < 4.78 is 26.7. The van der Waals surface area contributed by atoms with Crippen molar-refractivity contribution in [1.82, 2.24) is 4.31 Å². The number of hydrogen-bond acceptors (Lipinski definition) is 2. The molecule has 3 nitrogen and oxygen atoms in total. The van der Waals surface area contributed by atoms with Gasteiger partial charge in [-0.1, -0.05) is 23.2 Å². The first-order chi connectivity index (χ1) is 8.87. The van der Waals surface area contributed by atoms with Crippen LogP contribution in [0.2, 0.25) is 10.0 Å². The molecule has 1 fully saturated rings. The zero-order chi connectivity index (χ0) is 14.2. The van der Waals surface area contributed by atoms with Gasteiger partial charge in [-0.2, -0.15) is 4.31 Å². The molecule has 0 aliphatic carbocycles. The van der Waals surface area contributed by atoms with Crippen LogP contribution in [-0.4, -0.2) is 25.3 Å². The maximum absolute atomic E-state index is 12.6. The SMILES string of the molecule is CC1CCCN1S(=O)(=O)c1cc(CCl)c(Cl)cc1Cl. The molecule has 1 saturated heterocycles. The van der Waals surface area contributed by atoms with Crippen molar-refractivity contribution in [3.05, 3.63) is 27.7 Å². The zero-order valence-corrected chi connectivity index (χ0v) is 13.5. The van der Waals surface area contributed by atoms with E-state index in [-0.39, 0.29) is 21.8 Å². The van der Waals surface area contributed by atoms with E-state index in [1.54, 1.807) is 0 Å². The van der Waals surface area contributed by atoms with Crippen molar-refractivity contribution in [2.24, 2.45) is 0 Å². The molecule has 1 aromatic rings. The quantitative estimate of drug-likeness (QED) is 0.781. The molecule has 19 heavy (non-hydrogen) atoms. The van der Waals surface area contributed by atoms with E-state index in [9.17, 15) is 8.42 Å². The van der Waals surface area contributed by atoms with E-state index < -0.39 is 10.0 Å². The largest absolute Gasteiger partial charge is 0.244 e. The number of halogens is 3. The topological polar surface area (TPSA) is 37.4 Å². The van der Waals surface area contributed by atoms with Crippen LogP contribution < -0.4 is 0 Å². The first-order valence-corrected chi connectivity index (χ1v) is 8.66. The number of rotatable bonds is 3. The summed E-state index contributed by atoms with van der Waals surface area (Å²) in [6, 6.07) is 2.91. The molecule has 7 heteroatoms. The zero-order valence-electron chi connectivity index (χ0n) is 10.4. The van der Waals surface area contributed by atoms with E-state index in [0.717, 1.165) is 12.8 Å². The second-order valence-electron chi connectivity index (χ2n) is 4.61. The second kappa shape index (κ2) is 5.78. The lowest BCUT2D eigenvalue weighted by molar-refractivity contribution is 0.408. The summed E-state index contributed by atoms with van der Waals surface area (Å²) in [5.74, 6) is 0.147. The molecule has 0 aromatic heterocycles. The van der Waals surface area contributed by atoms with Gasteiger partial charge in [-0.05, 0) is 37.5 Å². The summed E-state index contributed by atoms with van der Waals surface area (Å²) in [4.78, 5) is 0.0861. The predicted octanol–water partition coefficient (Wildman–Crippen LogP) is 3.91. The molecule has 1 aromatic carbocycles. The van der Waals surface area contributed by atoms with E-state index in [4.69, 9.17) is 34.8 Å². The van der Waals surface area contributed by atoms with Gasteiger partial charge in [0.1, 0.15) is 4.90 Å². The Morgan fingerprint density at radius 3 is 2.53 bits per heavy atom. The van der Waals surface area contributed by atoms with Gasteiger partial charge in [0, 0.05) is 23.5 Å². The van der Waals surface area contributed by atoms with Crippen LogP contribution in [0.5, 0.6) is 0 Å². The van der Waals surface area contributed by atoms with Crippen molar-refractivity contribution in [3.8, 4) is 0 Å². The minimum atomic E-state index is -3.58. The summed E-state index contributed by atoms with van der Waals surface area (Å²) in [5, 5.41) is 0.520. The molecule has 1 heterocycles. The fraction of sp³-hybridized carbons (Fsp3) is 0.500. The Morgan fingerprint density at radius 2 is 2.00 bits per heavy atom. The Kier molecular flexibility index (Phi) is 4.68. The highest BCUT2D eigenvalue weighted by Crippen LogP contribution is 2.33. The van der Waals surface area contributed by atoms with E-state index >= 15 is 0 Å². The Hall–Kier alpha value is -0.000000000000000111. The Balaban J connectivity index is 2.51. The molecule has 1 aliphatic rings. The van der Waals surface area contributed by atoms with Gasteiger partial charge in [-0.15, -0.1) is 11.6 Å².